The zero-order valence-electron chi connectivity index (χ0n) is 9.94. The first-order chi connectivity index (χ1) is 8.08. The number of nitro groups is 1. The number of aromatic nitrogens is 1. The van der Waals surface area contributed by atoms with Crippen LogP contribution in [-0.2, 0) is 0 Å². The van der Waals surface area contributed by atoms with Gasteiger partial charge < -0.3 is 5.32 Å². The van der Waals surface area contributed by atoms with Crippen LogP contribution in [-0.4, -0.2) is 15.9 Å². The highest BCUT2D eigenvalue weighted by atomic mass is 35.5. The predicted octanol–water partition coefficient (Wildman–Crippen LogP) is 3.63. The van der Waals surface area contributed by atoms with Gasteiger partial charge in [0.1, 0.15) is 5.15 Å². The normalized spacial score (nSPS) is 12.2. The maximum Gasteiger partial charge on any atom is 0.311 e. The van der Waals surface area contributed by atoms with E-state index in [0.29, 0.717) is 0 Å². The van der Waals surface area contributed by atoms with Crippen LogP contribution in [0.2, 0.25) is 5.15 Å². The van der Waals surface area contributed by atoms with Gasteiger partial charge >= 0.3 is 5.69 Å². The van der Waals surface area contributed by atoms with E-state index < -0.39 is 4.92 Å². The van der Waals surface area contributed by atoms with Crippen LogP contribution in [0.15, 0.2) is 12.1 Å². The molecule has 0 saturated heterocycles. The highest BCUT2D eigenvalue weighted by Gasteiger charge is 2.18. The van der Waals surface area contributed by atoms with Crippen molar-refractivity contribution in [1.82, 2.24) is 4.98 Å². The standard InChI is InChI=1S/C11H16ClN3O2/c1-3-5-8(4-2)13-11-9(15(16)17)6-7-10(12)14-11/h6-8H,3-5H2,1-2H3,(H,13,14). The fraction of sp³-hybridized carbons (Fsp3) is 0.545. The molecule has 0 fully saturated rings. The van der Waals surface area contributed by atoms with Crippen LogP contribution in [0.1, 0.15) is 33.1 Å². The quantitative estimate of drug-likeness (QED) is 0.480. The summed E-state index contributed by atoms with van der Waals surface area (Å²) in [6.45, 7) is 4.11. The van der Waals surface area contributed by atoms with Gasteiger partial charge in [0.15, 0.2) is 0 Å². The fourth-order valence-electron chi connectivity index (χ4n) is 1.60. The molecule has 5 nitrogen and oxygen atoms in total. The van der Waals surface area contributed by atoms with Gasteiger partial charge in [-0.3, -0.25) is 10.1 Å². The Morgan fingerprint density at radius 3 is 2.76 bits per heavy atom. The van der Waals surface area contributed by atoms with Gasteiger partial charge in [0.2, 0.25) is 5.82 Å². The van der Waals surface area contributed by atoms with E-state index in [1.54, 1.807) is 0 Å². The van der Waals surface area contributed by atoms with Gasteiger partial charge in [-0.05, 0) is 18.9 Å². The Balaban J connectivity index is 2.94. The SMILES string of the molecule is CCCC(CC)Nc1nc(Cl)ccc1[N+](=O)[O-]. The molecule has 1 unspecified atom stereocenters. The molecular weight excluding hydrogens is 242 g/mol. The van der Waals surface area contributed by atoms with Crippen molar-refractivity contribution in [3.8, 4) is 0 Å². The zero-order valence-corrected chi connectivity index (χ0v) is 10.7. The number of nitrogens with zero attached hydrogens (tertiary/aromatic N) is 2. The van der Waals surface area contributed by atoms with Crippen molar-refractivity contribution in [3.63, 3.8) is 0 Å². The molecule has 1 atom stereocenters. The van der Waals surface area contributed by atoms with E-state index in [2.05, 4.69) is 17.2 Å². The zero-order chi connectivity index (χ0) is 12.8. The summed E-state index contributed by atoms with van der Waals surface area (Å²) in [7, 11) is 0. The maximum atomic E-state index is 10.8. The molecule has 0 aliphatic carbocycles. The van der Waals surface area contributed by atoms with Crippen LogP contribution in [0, 0.1) is 10.1 Å². The van der Waals surface area contributed by atoms with Crippen molar-refractivity contribution < 1.29 is 4.92 Å². The molecule has 1 N–H and O–H groups in total. The van der Waals surface area contributed by atoms with Gasteiger partial charge in [-0.2, -0.15) is 0 Å². The Bertz CT molecular complexity index is 398. The number of anilines is 1. The van der Waals surface area contributed by atoms with Crippen molar-refractivity contribution in [2.45, 2.75) is 39.2 Å². The summed E-state index contributed by atoms with van der Waals surface area (Å²) in [6, 6.07) is 2.98. The van der Waals surface area contributed by atoms with Gasteiger partial charge in [0.05, 0.1) is 4.92 Å². The Kier molecular flexibility index (Phi) is 5.15. The second-order valence-electron chi connectivity index (χ2n) is 3.80. The lowest BCUT2D eigenvalue weighted by Crippen LogP contribution is -2.19. The first-order valence-electron chi connectivity index (χ1n) is 5.66. The van der Waals surface area contributed by atoms with E-state index >= 15 is 0 Å². The highest BCUT2D eigenvalue weighted by Crippen LogP contribution is 2.25. The second kappa shape index (κ2) is 6.39. The summed E-state index contributed by atoms with van der Waals surface area (Å²) >= 11 is 5.75. The Morgan fingerprint density at radius 2 is 2.24 bits per heavy atom. The Labute approximate surface area is 105 Å². The molecule has 0 spiro atoms. The largest absolute Gasteiger partial charge is 0.362 e. The molecule has 1 aromatic rings. The van der Waals surface area contributed by atoms with E-state index in [9.17, 15) is 10.1 Å². The summed E-state index contributed by atoms with van der Waals surface area (Å²) in [5.41, 5.74) is -0.0380. The van der Waals surface area contributed by atoms with Crippen LogP contribution in [0.3, 0.4) is 0 Å². The number of pyridine rings is 1. The van der Waals surface area contributed by atoms with Gasteiger partial charge in [-0.1, -0.05) is 31.9 Å². The molecular formula is C11H16ClN3O2. The van der Waals surface area contributed by atoms with Gasteiger partial charge in [0, 0.05) is 12.1 Å². The first kappa shape index (κ1) is 13.7. The molecule has 0 amide bonds. The van der Waals surface area contributed by atoms with Crippen molar-refractivity contribution in [2.24, 2.45) is 0 Å². The van der Waals surface area contributed by atoms with E-state index in [0.717, 1.165) is 19.3 Å². The first-order valence-corrected chi connectivity index (χ1v) is 6.03. The van der Waals surface area contributed by atoms with Gasteiger partial charge in [-0.15, -0.1) is 0 Å². The van der Waals surface area contributed by atoms with Crippen molar-refractivity contribution in [1.29, 1.82) is 0 Å². The summed E-state index contributed by atoms with van der Waals surface area (Å²) in [5, 5.41) is 14.2. The number of nitrogens with one attached hydrogen (secondary N) is 1. The summed E-state index contributed by atoms with van der Waals surface area (Å²) in [6.07, 6.45) is 2.85. The average Bonchev–Trinajstić information content (AvgIpc) is 2.28. The second-order valence-corrected chi connectivity index (χ2v) is 4.18. The van der Waals surface area contributed by atoms with Crippen LogP contribution in [0.25, 0.3) is 0 Å². The minimum Gasteiger partial charge on any atom is -0.362 e. The van der Waals surface area contributed by atoms with E-state index in [-0.39, 0.29) is 22.7 Å². The van der Waals surface area contributed by atoms with Crippen LogP contribution < -0.4 is 5.32 Å². The summed E-state index contributed by atoms with van der Waals surface area (Å²) in [4.78, 5) is 14.4. The third-order valence-corrected chi connectivity index (χ3v) is 2.72. The van der Waals surface area contributed by atoms with E-state index in [4.69, 9.17) is 11.6 Å². The van der Waals surface area contributed by atoms with Crippen molar-refractivity contribution in [2.75, 3.05) is 5.32 Å². The maximum absolute atomic E-state index is 10.8. The smallest absolute Gasteiger partial charge is 0.311 e. The van der Waals surface area contributed by atoms with Crippen LogP contribution in [0.4, 0.5) is 11.5 Å². The fourth-order valence-corrected chi connectivity index (χ4v) is 1.75. The number of rotatable bonds is 6. The van der Waals surface area contributed by atoms with Crippen LogP contribution in [0.5, 0.6) is 0 Å². The molecule has 0 bridgehead atoms. The predicted molar refractivity (Wildman–Crippen MR) is 68.5 cm³/mol. The van der Waals surface area contributed by atoms with Gasteiger partial charge in [0.25, 0.3) is 0 Å². The van der Waals surface area contributed by atoms with Crippen LogP contribution >= 0.6 is 11.6 Å². The molecule has 1 rings (SSSR count). The molecule has 0 radical (unpaired) electrons. The Hall–Kier alpha value is -1.36. The molecule has 1 heterocycles. The molecule has 17 heavy (non-hydrogen) atoms. The number of halogens is 1. The molecule has 0 aliphatic rings. The molecule has 6 heteroatoms. The van der Waals surface area contributed by atoms with Gasteiger partial charge in [-0.25, -0.2) is 4.98 Å². The topological polar surface area (TPSA) is 68.1 Å². The highest BCUT2D eigenvalue weighted by molar-refractivity contribution is 6.29. The summed E-state index contributed by atoms with van der Waals surface area (Å²) in [5.74, 6) is 0.253. The van der Waals surface area contributed by atoms with E-state index in [1.807, 2.05) is 6.92 Å². The summed E-state index contributed by atoms with van der Waals surface area (Å²) < 4.78 is 0. The monoisotopic (exact) mass is 257 g/mol. The average molecular weight is 258 g/mol. The lowest BCUT2D eigenvalue weighted by Gasteiger charge is -2.16. The van der Waals surface area contributed by atoms with Crippen molar-refractivity contribution in [3.05, 3.63) is 27.4 Å². The molecule has 0 aliphatic heterocycles. The lowest BCUT2D eigenvalue weighted by molar-refractivity contribution is -0.384. The lowest BCUT2D eigenvalue weighted by atomic mass is 10.1. The van der Waals surface area contributed by atoms with Crippen molar-refractivity contribution >= 4 is 23.1 Å². The minimum atomic E-state index is -0.454. The molecule has 94 valence electrons. The third kappa shape index (κ3) is 3.85. The molecule has 1 aromatic heterocycles. The molecule has 0 aromatic carbocycles. The third-order valence-electron chi connectivity index (χ3n) is 2.51. The Morgan fingerprint density at radius 1 is 1.53 bits per heavy atom. The number of hydrogen-bond acceptors (Lipinski definition) is 4. The van der Waals surface area contributed by atoms with E-state index in [1.165, 1.54) is 12.1 Å². The number of hydrogen-bond donors (Lipinski definition) is 1. The molecule has 0 saturated carbocycles. The minimum absolute atomic E-state index is 0.0380.